The fourth-order valence-corrected chi connectivity index (χ4v) is 8.47. The van der Waals surface area contributed by atoms with Crippen molar-refractivity contribution in [1.82, 2.24) is 0 Å². The number of carbonyl (C=O) groups excluding carboxylic acids is 3. The standard InChI is InChI=1S/C71H116O6/c1-4-7-10-13-16-18-20-22-24-26-28-30-32-34-35-37-38-40-42-44-46-48-50-52-55-58-61-64-70(73)76-67-68(66-75-69(72)63-60-57-54-15-12-9-6-3)77-71(74)65-62-59-56-53-51-49-47-45-43-41-39-36-33-31-29-27-25-23-21-19-17-14-11-8-5-2/h7-8,10-11,16-19,22-25,28-31,34-36,39,43,45,68H,4-6,9,12-15,20-21,26-27,32-33,37-38,40-42,44,46-67H2,1-3H3/b10-7-,11-8-,18-16-,19-17-,24-22-,25-23-,30-28-,31-29-,35-34-,39-36-,45-43-. The van der Waals surface area contributed by atoms with Gasteiger partial charge < -0.3 is 14.2 Å². The lowest BCUT2D eigenvalue weighted by Gasteiger charge is -2.18. The van der Waals surface area contributed by atoms with Crippen molar-refractivity contribution in [1.29, 1.82) is 0 Å². The van der Waals surface area contributed by atoms with Crippen LogP contribution in [0.4, 0.5) is 0 Å². The van der Waals surface area contributed by atoms with Gasteiger partial charge in [0, 0.05) is 19.3 Å². The molecule has 0 rings (SSSR count). The van der Waals surface area contributed by atoms with E-state index in [1.54, 1.807) is 0 Å². The second-order valence-electron chi connectivity index (χ2n) is 20.6. The molecule has 436 valence electrons. The predicted molar refractivity (Wildman–Crippen MR) is 334 cm³/mol. The van der Waals surface area contributed by atoms with Gasteiger partial charge in [-0.3, -0.25) is 14.4 Å². The van der Waals surface area contributed by atoms with Crippen molar-refractivity contribution in [2.45, 2.75) is 284 Å². The Balaban J connectivity index is 4.21. The summed E-state index contributed by atoms with van der Waals surface area (Å²) in [5, 5.41) is 0. The fraction of sp³-hybridized carbons (Fsp3) is 0.648. The van der Waals surface area contributed by atoms with E-state index in [9.17, 15) is 14.4 Å². The van der Waals surface area contributed by atoms with Gasteiger partial charge in [0.25, 0.3) is 0 Å². The van der Waals surface area contributed by atoms with Crippen LogP contribution < -0.4 is 0 Å². The highest BCUT2D eigenvalue weighted by atomic mass is 16.6. The van der Waals surface area contributed by atoms with Crippen molar-refractivity contribution in [2.75, 3.05) is 13.2 Å². The Morgan fingerprint density at radius 3 is 0.792 bits per heavy atom. The van der Waals surface area contributed by atoms with E-state index in [1.165, 1.54) is 96.3 Å². The van der Waals surface area contributed by atoms with Crippen LogP contribution in [0.15, 0.2) is 134 Å². The molecule has 1 atom stereocenters. The van der Waals surface area contributed by atoms with Crippen LogP contribution in [-0.4, -0.2) is 37.2 Å². The second kappa shape index (κ2) is 64.1. The molecule has 0 aliphatic rings. The van der Waals surface area contributed by atoms with Crippen molar-refractivity contribution < 1.29 is 28.6 Å². The molecule has 0 N–H and O–H groups in total. The number of unbranched alkanes of at least 4 members (excludes halogenated alkanes) is 23. The molecule has 0 aromatic carbocycles. The maximum Gasteiger partial charge on any atom is 0.306 e. The molecule has 0 radical (unpaired) electrons. The SMILES string of the molecule is CC/C=C\C/C=C\C/C=C\C/C=C\C/C=C\C/C=C\CCCCCCCCC(=O)OC(COC(=O)CCCCCCCCC)COC(=O)CCCCCCCCCCCCC/C=C\C/C=C\C/C=C\C/C=C\C/C=C\CC. The van der Waals surface area contributed by atoms with Gasteiger partial charge in [0.2, 0.25) is 0 Å². The highest BCUT2D eigenvalue weighted by molar-refractivity contribution is 5.71. The topological polar surface area (TPSA) is 78.9 Å². The van der Waals surface area contributed by atoms with E-state index >= 15 is 0 Å². The van der Waals surface area contributed by atoms with E-state index in [1.807, 2.05) is 0 Å². The van der Waals surface area contributed by atoms with Gasteiger partial charge in [-0.15, -0.1) is 0 Å². The van der Waals surface area contributed by atoms with Gasteiger partial charge in [-0.2, -0.15) is 0 Å². The molecule has 0 saturated heterocycles. The van der Waals surface area contributed by atoms with Crippen LogP contribution in [0.1, 0.15) is 278 Å². The van der Waals surface area contributed by atoms with E-state index in [2.05, 4.69) is 154 Å². The molecular weight excluding hydrogens is 949 g/mol. The van der Waals surface area contributed by atoms with Crippen LogP contribution in [0.25, 0.3) is 0 Å². The summed E-state index contributed by atoms with van der Waals surface area (Å²) in [6.45, 7) is 6.36. The largest absolute Gasteiger partial charge is 0.462 e. The Bertz CT molecular complexity index is 1650. The summed E-state index contributed by atoms with van der Waals surface area (Å²) in [6, 6.07) is 0. The summed E-state index contributed by atoms with van der Waals surface area (Å²) in [7, 11) is 0. The van der Waals surface area contributed by atoms with Gasteiger partial charge in [-0.25, -0.2) is 0 Å². The summed E-state index contributed by atoms with van der Waals surface area (Å²) in [5.41, 5.74) is 0. The molecule has 6 heteroatoms. The highest BCUT2D eigenvalue weighted by Crippen LogP contribution is 2.15. The van der Waals surface area contributed by atoms with Crippen molar-refractivity contribution in [3.8, 4) is 0 Å². The zero-order valence-electron chi connectivity index (χ0n) is 49.9. The van der Waals surface area contributed by atoms with E-state index < -0.39 is 6.10 Å². The first-order valence-electron chi connectivity index (χ1n) is 31.7. The molecule has 0 heterocycles. The quantitative estimate of drug-likeness (QED) is 0.0261. The smallest absolute Gasteiger partial charge is 0.306 e. The molecule has 0 aliphatic carbocycles. The van der Waals surface area contributed by atoms with Gasteiger partial charge in [0.15, 0.2) is 6.10 Å². The summed E-state index contributed by atoms with van der Waals surface area (Å²) in [5.74, 6) is -0.911. The third-order valence-electron chi connectivity index (χ3n) is 13.2. The second-order valence-corrected chi connectivity index (χ2v) is 20.6. The fourth-order valence-electron chi connectivity index (χ4n) is 8.47. The molecule has 6 nitrogen and oxygen atoms in total. The number of allylic oxidation sites excluding steroid dienone is 22. The average molecular weight is 1070 g/mol. The Labute approximate surface area is 475 Å². The van der Waals surface area contributed by atoms with Gasteiger partial charge in [-0.05, 0) is 116 Å². The van der Waals surface area contributed by atoms with E-state index in [-0.39, 0.29) is 31.1 Å². The first-order chi connectivity index (χ1) is 38.0. The molecule has 77 heavy (non-hydrogen) atoms. The third-order valence-corrected chi connectivity index (χ3v) is 13.2. The number of ether oxygens (including phenoxy) is 3. The lowest BCUT2D eigenvalue weighted by Crippen LogP contribution is -2.30. The predicted octanol–water partition coefficient (Wildman–Crippen LogP) is 21.8. The maximum absolute atomic E-state index is 12.9. The van der Waals surface area contributed by atoms with Crippen LogP contribution in [0, 0.1) is 0 Å². The average Bonchev–Trinajstić information content (AvgIpc) is 3.43. The molecule has 0 aromatic rings. The van der Waals surface area contributed by atoms with Gasteiger partial charge in [0.05, 0.1) is 0 Å². The van der Waals surface area contributed by atoms with Crippen LogP contribution in [0.2, 0.25) is 0 Å². The number of hydrogen-bond donors (Lipinski definition) is 0. The maximum atomic E-state index is 12.9. The Kier molecular flexibility index (Phi) is 60.4. The van der Waals surface area contributed by atoms with Crippen molar-refractivity contribution >= 4 is 17.9 Å². The van der Waals surface area contributed by atoms with E-state index in [0.29, 0.717) is 19.3 Å². The van der Waals surface area contributed by atoms with Gasteiger partial charge in [-0.1, -0.05) is 276 Å². The normalized spacial score (nSPS) is 13.0. The number of hydrogen-bond acceptors (Lipinski definition) is 6. The number of rotatable bonds is 56. The molecule has 0 bridgehead atoms. The summed E-state index contributed by atoms with van der Waals surface area (Å²) in [6.07, 6.45) is 90.5. The zero-order chi connectivity index (χ0) is 55.7. The monoisotopic (exact) mass is 1060 g/mol. The van der Waals surface area contributed by atoms with Gasteiger partial charge in [0.1, 0.15) is 13.2 Å². The van der Waals surface area contributed by atoms with Crippen LogP contribution in [0.3, 0.4) is 0 Å². The lowest BCUT2D eigenvalue weighted by atomic mass is 10.0. The zero-order valence-corrected chi connectivity index (χ0v) is 49.9. The summed E-state index contributed by atoms with van der Waals surface area (Å²) in [4.78, 5) is 38.1. The molecule has 0 aliphatic heterocycles. The van der Waals surface area contributed by atoms with Crippen LogP contribution >= 0.6 is 0 Å². The molecular formula is C71H116O6. The minimum absolute atomic E-state index is 0.0871. The van der Waals surface area contributed by atoms with Gasteiger partial charge >= 0.3 is 17.9 Å². The minimum atomic E-state index is -0.789. The molecule has 0 saturated carbocycles. The molecule has 0 fully saturated rings. The van der Waals surface area contributed by atoms with Crippen LogP contribution in [-0.2, 0) is 28.6 Å². The Hall–Kier alpha value is -4.45. The molecule has 0 amide bonds. The van der Waals surface area contributed by atoms with E-state index in [0.717, 1.165) is 141 Å². The van der Waals surface area contributed by atoms with Crippen molar-refractivity contribution in [2.24, 2.45) is 0 Å². The third kappa shape index (κ3) is 62.3. The molecule has 1 unspecified atom stereocenters. The first-order valence-corrected chi connectivity index (χ1v) is 31.7. The Morgan fingerprint density at radius 2 is 0.506 bits per heavy atom. The summed E-state index contributed by atoms with van der Waals surface area (Å²) < 4.78 is 16.8. The minimum Gasteiger partial charge on any atom is -0.462 e. The number of carbonyl (C=O) groups is 3. The first kappa shape index (κ1) is 72.5. The summed E-state index contributed by atoms with van der Waals surface area (Å²) >= 11 is 0. The lowest BCUT2D eigenvalue weighted by molar-refractivity contribution is -0.167. The highest BCUT2D eigenvalue weighted by Gasteiger charge is 2.19. The van der Waals surface area contributed by atoms with Crippen LogP contribution in [0.5, 0.6) is 0 Å². The number of esters is 3. The Morgan fingerprint density at radius 1 is 0.273 bits per heavy atom. The van der Waals surface area contributed by atoms with Crippen molar-refractivity contribution in [3.63, 3.8) is 0 Å². The molecule has 0 aromatic heterocycles. The van der Waals surface area contributed by atoms with Crippen molar-refractivity contribution in [3.05, 3.63) is 134 Å². The van der Waals surface area contributed by atoms with E-state index in [4.69, 9.17) is 14.2 Å². The molecule has 0 spiro atoms.